The molecule has 5 N–H and O–H groups in total. The van der Waals surface area contributed by atoms with Crippen molar-refractivity contribution in [2.24, 2.45) is 5.73 Å². The predicted molar refractivity (Wildman–Crippen MR) is 62.2 cm³/mol. The highest BCUT2D eigenvalue weighted by atomic mass is 16.6. The Morgan fingerprint density at radius 2 is 2.05 bits per heavy atom. The minimum atomic E-state index is -1.39. The SMILES string of the molecule is NC(=O)c1ccc(=O)n([C@H]2O[C@@H](CO)[C@@H](O)[C@H]2O)c1. The van der Waals surface area contributed by atoms with Gasteiger partial charge in [0.05, 0.1) is 12.2 Å². The van der Waals surface area contributed by atoms with Crippen LogP contribution < -0.4 is 11.3 Å². The molecule has 8 heteroatoms. The maximum absolute atomic E-state index is 11.7. The molecule has 0 unspecified atom stereocenters. The number of pyridine rings is 1. The molecule has 0 aliphatic carbocycles. The van der Waals surface area contributed by atoms with Gasteiger partial charge in [-0.2, -0.15) is 0 Å². The monoisotopic (exact) mass is 270 g/mol. The maximum Gasteiger partial charge on any atom is 0.252 e. The number of primary amides is 1. The average Bonchev–Trinajstić information content (AvgIpc) is 2.66. The minimum Gasteiger partial charge on any atom is -0.394 e. The molecule has 1 aromatic rings. The van der Waals surface area contributed by atoms with E-state index >= 15 is 0 Å². The van der Waals surface area contributed by atoms with Gasteiger partial charge < -0.3 is 25.8 Å². The first kappa shape index (κ1) is 13.7. The van der Waals surface area contributed by atoms with Gasteiger partial charge in [-0.1, -0.05) is 0 Å². The third kappa shape index (κ3) is 2.38. The quantitative estimate of drug-likeness (QED) is 0.482. The number of hydrogen-bond acceptors (Lipinski definition) is 6. The van der Waals surface area contributed by atoms with E-state index < -0.39 is 42.6 Å². The Kier molecular flexibility index (Phi) is 3.67. The van der Waals surface area contributed by atoms with Crippen LogP contribution in [0.1, 0.15) is 16.6 Å². The molecule has 19 heavy (non-hydrogen) atoms. The van der Waals surface area contributed by atoms with Crippen LogP contribution in [-0.4, -0.2) is 50.7 Å². The molecule has 0 saturated carbocycles. The first-order chi connectivity index (χ1) is 8.95. The van der Waals surface area contributed by atoms with E-state index in [1.807, 2.05) is 0 Å². The largest absolute Gasteiger partial charge is 0.394 e. The van der Waals surface area contributed by atoms with Crippen LogP contribution in [0.4, 0.5) is 0 Å². The van der Waals surface area contributed by atoms with Gasteiger partial charge in [-0.05, 0) is 6.07 Å². The fourth-order valence-corrected chi connectivity index (χ4v) is 1.96. The standard InChI is InChI=1S/C11H14N2O6/c12-10(18)5-1-2-7(15)13(3-5)11-9(17)8(16)6(4-14)19-11/h1-3,6,8-9,11,14,16-17H,4H2,(H2,12,18)/t6-,8+,9+,11-/m0/s1. The smallest absolute Gasteiger partial charge is 0.252 e. The van der Waals surface area contributed by atoms with E-state index in [1.54, 1.807) is 0 Å². The highest BCUT2D eigenvalue weighted by molar-refractivity contribution is 5.92. The first-order valence-corrected chi connectivity index (χ1v) is 5.60. The molecule has 1 aliphatic rings. The van der Waals surface area contributed by atoms with Crippen LogP contribution in [0, 0.1) is 0 Å². The number of aromatic nitrogens is 1. The summed E-state index contributed by atoms with van der Waals surface area (Å²) in [5.74, 6) is -0.736. The summed E-state index contributed by atoms with van der Waals surface area (Å²) in [6.45, 7) is -0.501. The van der Waals surface area contributed by atoms with Gasteiger partial charge in [0, 0.05) is 12.3 Å². The molecule has 0 radical (unpaired) electrons. The van der Waals surface area contributed by atoms with Crippen LogP contribution in [0.15, 0.2) is 23.1 Å². The molecular formula is C11H14N2O6. The Morgan fingerprint density at radius 3 is 2.58 bits per heavy atom. The number of rotatable bonds is 3. The summed E-state index contributed by atoms with van der Waals surface area (Å²) in [4.78, 5) is 22.8. The van der Waals surface area contributed by atoms with Crippen molar-refractivity contribution in [2.75, 3.05) is 6.61 Å². The normalized spacial score (nSPS) is 30.5. The Balaban J connectivity index is 2.39. The summed E-state index contributed by atoms with van der Waals surface area (Å²) in [7, 11) is 0. The number of ether oxygens (including phenoxy) is 1. The van der Waals surface area contributed by atoms with E-state index in [1.165, 1.54) is 6.07 Å². The number of nitrogens with zero attached hydrogens (tertiary/aromatic N) is 1. The second-order valence-electron chi connectivity index (χ2n) is 4.26. The van der Waals surface area contributed by atoms with Gasteiger partial charge in [0.2, 0.25) is 5.91 Å². The van der Waals surface area contributed by atoms with Crippen molar-refractivity contribution in [2.45, 2.75) is 24.5 Å². The highest BCUT2D eigenvalue weighted by Gasteiger charge is 2.43. The fourth-order valence-electron chi connectivity index (χ4n) is 1.96. The molecule has 1 fully saturated rings. The number of aliphatic hydroxyl groups excluding tert-OH is 3. The molecule has 0 bridgehead atoms. The van der Waals surface area contributed by atoms with Gasteiger partial charge in [-0.25, -0.2) is 0 Å². The fraction of sp³-hybridized carbons (Fsp3) is 0.455. The number of amides is 1. The third-order valence-corrected chi connectivity index (χ3v) is 3.01. The van der Waals surface area contributed by atoms with Crippen LogP contribution in [0.25, 0.3) is 0 Å². The topological polar surface area (TPSA) is 135 Å². The van der Waals surface area contributed by atoms with Crippen molar-refractivity contribution in [1.82, 2.24) is 4.57 Å². The molecule has 1 amide bonds. The van der Waals surface area contributed by atoms with Crippen molar-refractivity contribution >= 4 is 5.91 Å². The van der Waals surface area contributed by atoms with Crippen molar-refractivity contribution in [3.63, 3.8) is 0 Å². The number of aliphatic hydroxyl groups is 3. The van der Waals surface area contributed by atoms with Gasteiger partial charge in [0.25, 0.3) is 5.56 Å². The summed E-state index contributed by atoms with van der Waals surface area (Å²) >= 11 is 0. The molecule has 104 valence electrons. The molecule has 1 saturated heterocycles. The van der Waals surface area contributed by atoms with Crippen LogP contribution in [0.3, 0.4) is 0 Å². The van der Waals surface area contributed by atoms with Crippen LogP contribution in [0.2, 0.25) is 0 Å². The lowest BCUT2D eigenvalue weighted by molar-refractivity contribution is -0.0544. The van der Waals surface area contributed by atoms with Crippen molar-refractivity contribution in [3.8, 4) is 0 Å². The van der Waals surface area contributed by atoms with Gasteiger partial charge >= 0.3 is 0 Å². The average molecular weight is 270 g/mol. The van der Waals surface area contributed by atoms with Crippen molar-refractivity contribution < 1.29 is 24.9 Å². The molecule has 1 aromatic heterocycles. The van der Waals surface area contributed by atoms with Crippen molar-refractivity contribution in [3.05, 3.63) is 34.2 Å². The van der Waals surface area contributed by atoms with Crippen LogP contribution in [-0.2, 0) is 4.74 Å². The predicted octanol–water partition coefficient (Wildman–Crippen LogP) is -2.44. The molecule has 0 aromatic carbocycles. The van der Waals surface area contributed by atoms with E-state index in [-0.39, 0.29) is 5.56 Å². The lowest BCUT2D eigenvalue weighted by Crippen LogP contribution is -2.35. The summed E-state index contributed by atoms with van der Waals surface area (Å²) in [6.07, 6.45) is -3.74. The van der Waals surface area contributed by atoms with Gasteiger partial charge in [-0.15, -0.1) is 0 Å². The Labute approximate surface area is 107 Å². The van der Waals surface area contributed by atoms with E-state index in [0.29, 0.717) is 0 Å². The van der Waals surface area contributed by atoms with E-state index in [0.717, 1.165) is 16.8 Å². The number of nitrogens with two attached hydrogens (primary N) is 1. The summed E-state index contributed by atoms with van der Waals surface area (Å²) < 4.78 is 6.16. The molecule has 4 atom stereocenters. The summed E-state index contributed by atoms with van der Waals surface area (Å²) in [5.41, 5.74) is 4.64. The zero-order chi connectivity index (χ0) is 14.2. The first-order valence-electron chi connectivity index (χ1n) is 5.60. The van der Waals surface area contributed by atoms with Gasteiger partial charge in [0.15, 0.2) is 6.23 Å². The zero-order valence-corrected chi connectivity index (χ0v) is 9.84. The maximum atomic E-state index is 11.7. The Morgan fingerprint density at radius 1 is 1.37 bits per heavy atom. The van der Waals surface area contributed by atoms with E-state index in [4.69, 9.17) is 15.6 Å². The van der Waals surface area contributed by atoms with Crippen molar-refractivity contribution in [1.29, 1.82) is 0 Å². The number of hydrogen-bond donors (Lipinski definition) is 4. The lowest BCUT2D eigenvalue weighted by atomic mass is 10.1. The van der Waals surface area contributed by atoms with Crippen LogP contribution >= 0.6 is 0 Å². The summed E-state index contributed by atoms with van der Waals surface area (Å²) in [6, 6.07) is 2.36. The molecule has 0 spiro atoms. The number of carbonyl (C=O) groups excluding carboxylic acids is 1. The van der Waals surface area contributed by atoms with E-state index in [9.17, 15) is 19.8 Å². The number of carbonyl (C=O) groups is 1. The zero-order valence-electron chi connectivity index (χ0n) is 9.84. The Hall–Kier alpha value is -1.74. The molecule has 2 rings (SSSR count). The van der Waals surface area contributed by atoms with E-state index in [2.05, 4.69) is 0 Å². The molecule has 8 nitrogen and oxygen atoms in total. The second-order valence-corrected chi connectivity index (χ2v) is 4.26. The van der Waals surface area contributed by atoms with Crippen LogP contribution in [0.5, 0.6) is 0 Å². The summed E-state index contributed by atoms with van der Waals surface area (Å²) in [5, 5.41) is 28.4. The molecule has 2 heterocycles. The molecule has 1 aliphatic heterocycles. The second kappa shape index (κ2) is 5.10. The third-order valence-electron chi connectivity index (χ3n) is 3.01. The Bertz CT molecular complexity index is 542. The lowest BCUT2D eigenvalue weighted by Gasteiger charge is -2.17. The highest BCUT2D eigenvalue weighted by Crippen LogP contribution is 2.28. The van der Waals surface area contributed by atoms with Gasteiger partial charge in [0.1, 0.15) is 18.3 Å². The molecular weight excluding hydrogens is 256 g/mol. The minimum absolute atomic E-state index is 0.0670. The van der Waals surface area contributed by atoms with Gasteiger partial charge in [-0.3, -0.25) is 14.2 Å².